The van der Waals surface area contributed by atoms with Crippen LogP contribution in [0.5, 0.6) is 0 Å². The first-order chi connectivity index (χ1) is 20.6. The Kier molecular flexibility index (Phi) is 30.8. The number of hydrogen-bond donors (Lipinski definition) is 1. The quantitative estimate of drug-likeness (QED) is 0.0458. The SMILES string of the molecule is CCCCCCCCCCCCCCCCCC(=O)OC(CCCCC)(NCC)C(=O)CCCCCCCCCCC. The molecule has 0 aliphatic rings. The van der Waals surface area contributed by atoms with E-state index >= 15 is 0 Å². The van der Waals surface area contributed by atoms with Crippen LogP contribution < -0.4 is 5.32 Å². The summed E-state index contributed by atoms with van der Waals surface area (Å²) in [4.78, 5) is 26.4. The van der Waals surface area contributed by atoms with Crippen LogP contribution in [0.15, 0.2) is 0 Å². The van der Waals surface area contributed by atoms with E-state index in [0.717, 1.165) is 44.9 Å². The molecule has 0 fully saturated rings. The van der Waals surface area contributed by atoms with Crippen molar-refractivity contribution in [2.24, 2.45) is 0 Å². The van der Waals surface area contributed by atoms with Gasteiger partial charge in [-0.1, -0.05) is 182 Å². The molecule has 1 N–H and O–H groups in total. The third-order valence-electron chi connectivity index (χ3n) is 8.83. The number of likely N-dealkylation sites (N-methyl/N-ethyl adjacent to an activating group) is 1. The molecule has 250 valence electrons. The van der Waals surface area contributed by atoms with Gasteiger partial charge in [0.05, 0.1) is 0 Å². The zero-order chi connectivity index (χ0) is 31.0. The van der Waals surface area contributed by atoms with Gasteiger partial charge >= 0.3 is 5.97 Å². The molecule has 0 aliphatic heterocycles. The number of carbonyl (C=O) groups is 2. The van der Waals surface area contributed by atoms with Gasteiger partial charge in [-0.25, -0.2) is 0 Å². The molecule has 1 atom stereocenters. The van der Waals surface area contributed by atoms with Crippen LogP contribution in [0.3, 0.4) is 0 Å². The van der Waals surface area contributed by atoms with Gasteiger partial charge in [0.25, 0.3) is 0 Å². The zero-order valence-corrected chi connectivity index (χ0v) is 29.1. The molecule has 0 rings (SSSR count). The van der Waals surface area contributed by atoms with Gasteiger partial charge in [-0.05, 0) is 25.8 Å². The van der Waals surface area contributed by atoms with Gasteiger partial charge in [-0.3, -0.25) is 14.9 Å². The number of esters is 1. The van der Waals surface area contributed by atoms with E-state index in [9.17, 15) is 9.59 Å². The smallest absolute Gasteiger partial charge is 0.307 e. The summed E-state index contributed by atoms with van der Waals surface area (Å²) in [6.07, 6.45) is 35.3. The maximum absolute atomic E-state index is 13.5. The van der Waals surface area contributed by atoms with E-state index in [0.29, 0.717) is 25.8 Å². The van der Waals surface area contributed by atoms with Crippen LogP contribution in [0.25, 0.3) is 0 Å². The van der Waals surface area contributed by atoms with Gasteiger partial charge in [-0.15, -0.1) is 0 Å². The summed E-state index contributed by atoms with van der Waals surface area (Å²) in [6, 6.07) is 0. The Hall–Kier alpha value is -0.900. The fourth-order valence-electron chi connectivity index (χ4n) is 6.06. The molecule has 0 aromatic carbocycles. The van der Waals surface area contributed by atoms with Crippen molar-refractivity contribution in [1.82, 2.24) is 5.32 Å². The van der Waals surface area contributed by atoms with E-state index in [1.54, 1.807) is 0 Å². The van der Waals surface area contributed by atoms with Crippen LogP contribution in [0.2, 0.25) is 0 Å². The topological polar surface area (TPSA) is 55.4 Å². The molecular weight excluding hydrogens is 518 g/mol. The van der Waals surface area contributed by atoms with Crippen molar-refractivity contribution in [3.05, 3.63) is 0 Å². The molecule has 1 unspecified atom stereocenters. The molecular formula is C38H75NO3. The minimum absolute atomic E-state index is 0.0771. The predicted octanol–water partition coefficient (Wildman–Crippen LogP) is 12.2. The molecule has 0 radical (unpaired) electrons. The highest BCUT2D eigenvalue weighted by Crippen LogP contribution is 2.24. The molecule has 0 bridgehead atoms. The van der Waals surface area contributed by atoms with Crippen LogP contribution in [-0.2, 0) is 14.3 Å². The standard InChI is InChI=1S/C38H75NO3/c1-5-9-12-14-16-18-19-20-21-22-23-25-27-29-31-34-37(41)42-38(39-8-4,35-32-11-7-3)36(40)33-30-28-26-24-17-15-13-10-6-2/h39H,5-35H2,1-4H3. The Morgan fingerprint density at radius 1 is 0.452 bits per heavy atom. The molecule has 0 aliphatic carbocycles. The largest absolute Gasteiger partial charge is 0.436 e. The monoisotopic (exact) mass is 594 g/mol. The van der Waals surface area contributed by atoms with Crippen LogP contribution in [-0.4, -0.2) is 24.0 Å². The molecule has 42 heavy (non-hydrogen) atoms. The Balaban J connectivity index is 4.26. The first-order valence-corrected chi connectivity index (χ1v) is 19.1. The van der Waals surface area contributed by atoms with Gasteiger partial charge in [0.1, 0.15) is 0 Å². The van der Waals surface area contributed by atoms with Crippen molar-refractivity contribution in [2.45, 2.75) is 226 Å². The van der Waals surface area contributed by atoms with Gasteiger partial charge in [0, 0.05) is 19.3 Å². The van der Waals surface area contributed by atoms with E-state index in [-0.39, 0.29) is 11.8 Å². The number of carbonyl (C=O) groups excluding carboxylic acids is 2. The average Bonchev–Trinajstić information content (AvgIpc) is 2.98. The summed E-state index contributed by atoms with van der Waals surface area (Å²) in [5.41, 5.74) is -1.13. The van der Waals surface area contributed by atoms with Crippen molar-refractivity contribution < 1.29 is 14.3 Å². The minimum Gasteiger partial charge on any atom is -0.436 e. The van der Waals surface area contributed by atoms with Crippen molar-refractivity contribution in [3.8, 4) is 0 Å². The number of ketones is 1. The van der Waals surface area contributed by atoms with E-state index in [1.807, 2.05) is 6.92 Å². The lowest BCUT2D eigenvalue weighted by Crippen LogP contribution is -2.55. The molecule has 0 aromatic rings. The lowest BCUT2D eigenvalue weighted by atomic mass is 9.95. The highest BCUT2D eigenvalue weighted by atomic mass is 16.6. The van der Waals surface area contributed by atoms with Gasteiger partial charge < -0.3 is 4.74 Å². The molecule has 4 heteroatoms. The molecule has 4 nitrogen and oxygen atoms in total. The van der Waals surface area contributed by atoms with Crippen LogP contribution in [0.4, 0.5) is 0 Å². The number of unbranched alkanes of at least 4 members (excludes halogenated alkanes) is 24. The summed E-state index contributed by atoms with van der Waals surface area (Å²) in [6.45, 7) is 9.33. The lowest BCUT2D eigenvalue weighted by Gasteiger charge is -2.33. The highest BCUT2D eigenvalue weighted by molar-refractivity contribution is 5.89. The van der Waals surface area contributed by atoms with Crippen LogP contribution in [0.1, 0.15) is 220 Å². The summed E-state index contributed by atoms with van der Waals surface area (Å²) in [7, 11) is 0. The average molecular weight is 594 g/mol. The Morgan fingerprint density at radius 2 is 0.786 bits per heavy atom. The van der Waals surface area contributed by atoms with Gasteiger partial charge in [0.2, 0.25) is 5.72 Å². The molecule has 0 amide bonds. The molecule has 0 aromatic heterocycles. The second-order valence-electron chi connectivity index (χ2n) is 13.0. The van der Waals surface area contributed by atoms with Crippen molar-refractivity contribution in [1.29, 1.82) is 0 Å². The van der Waals surface area contributed by atoms with Crippen molar-refractivity contribution in [3.63, 3.8) is 0 Å². The van der Waals surface area contributed by atoms with E-state index in [4.69, 9.17) is 4.74 Å². The number of hydrogen-bond acceptors (Lipinski definition) is 4. The van der Waals surface area contributed by atoms with Gasteiger partial charge in [0.15, 0.2) is 5.78 Å². The maximum Gasteiger partial charge on any atom is 0.307 e. The molecule has 0 spiro atoms. The van der Waals surface area contributed by atoms with Crippen LogP contribution >= 0.6 is 0 Å². The van der Waals surface area contributed by atoms with E-state index < -0.39 is 5.72 Å². The molecule has 0 saturated carbocycles. The summed E-state index contributed by atoms with van der Waals surface area (Å²) >= 11 is 0. The van der Waals surface area contributed by atoms with Crippen molar-refractivity contribution >= 4 is 11.8 Å². The summed E-state index contributed by atoms with van der Waals surface area (Å²) in [5, 5.41) is 3.33. The Labute approximate surface area is 263 Å². The Bertz CT molecular complexity index is 593. The Morgan fingerprint density at radius 3 is 1.17 bits per heavy atom. The summed E-state index contributed by atoms with van der Waals surface area (Å²) < 4.78 is 6.04. The van der Waals surface area contributed by atoms with Crippen LogP contribution in [0, 0.1) is 0 Å². The third kappa shape index (κ3) is 24.5. The first-order valence-electron chi connectivity index (χ1n) is 19.1. The maximum atomic E-state index is 13.5. The molecule has 0 heterocycles. The van der Waals surface area contributed by atoms with Crippen molar-refractivity contribution in [2.75, 3.05) is 6.54 Å². The number of rotatable bonds is 34. The number of ether oxygens (including phenoxy) is 1. The second-order valence-corrected chi connectivity index (χ2v) is 13.0. The normalized spacial score (nSPS) is 12.9. The predicted molar refractivity (Wildman–Crippen MR) is 183 cm³/mol. The number of Topliss-reactive ketones (excluding diaryl/α,β-unsaturated/α-hetero) is 1. The minimum atomic E-state index is -1.13. The fourth-order valence-corrected chi connectivity index (χ4v) is 6.06. The van der Waals surface area contributed by atoms with E-state index in [1.165, 1.54) is 128 Å². The van der Waals surface area contributed by atoms with Gasteiger partial charge in [-0.2, -0.15) is 0 Å². The lowest BCUT2D eigenvalue weighted by molar-refractivity contribution is -0.173. The number of nitrogens with one attached hydrogen (secondary N) is 1. The summed E-state index contributed by atoms with van der Waals surface area (Å²) in [5.74, 6) is -0.129. The zero-order valence-electron chi connectivity index (χ0n) is 29.1. The molecule has 0 saturated heterocycles. The highest BCUT2D eigenvalue weighted by Gasteiger charge is 2.40. The van der Waals surface area contributed by atoms with E-state index in [2.05, 4.69) is 26.1 Å². The fraction of sp³-hybridized carbons (Fsp3) is 0.947. The first kappa shape index (κ1) is 41.1. The third-order valence-corrected chi connectivity index (χ3v) is 8.83. The second kappa shape index (κ2) is 31.5.